The van der Waals surface area contributed by atoms with Crippen LogP contribution in [0.4, 0.5) is 5.69 Å². The van der Waals surface area contributed by atoms with Gasteiger partial charge in [0, 0.05) is 32.1 Å². The van der Waals surface area contributed by atoms with Crippen molar-refractivity contribution in [1.82, 2.24) is 15.2 Å². The highest BCUT2D eigenvalue weighted by molar-refractivity contribution is 6.00. The minimum absolute atomic E-state index is 0.183. The molecule has 7 heteroatoms. The zero-order chi connectivity index (χ0) is 21.4. The van der Waals surface area contributed by atoms with Crippen LogP contribution in [0.15, 0.2) is 18.3 Å². The molecule has 168 valence electrons. The van der Waals surface area contributed by atoms with Gasteiger partial charge in [-0.15, -0.1) is 0 Å². The summed E-state index contributed by atoms with van der Waals surface area (Å²) in [6.45, 7) is 5.87. The van der Waals surface area contributed by atoms with Crippen molar-refractivity contribution in [3.05, 3.63) is 24.0 Å². The number of hydrogen-bond acceptors (Lipinski definition) is 6. The summed E-state index contributed by atoms with van der Waals surface area (Å²) >= 11 is 0. The van der Waals surface area contributed by atoms with Crippen LogP contribution in [0.2, 0.25) is 0 Å². The predicted octanol–water partition coefficient (Wildman–Crippen LogP) is 2.02. The Hall–Kier alpha value is -1.99. The minimum atomic E-state index is -0.308. The Labute approximate surface area is 184 Å². The molecule has 0 radical (unpaired) electrons. The summed E-state index contributed by atoms with van der Waals surface area (Å²) in [5.41, 5.74) is 8.52. The average Bonchev–Trinajstić information content (AvgIpc) is 2.75. The molecule has 1 aromatic heterocycles. The summed E-state index contributed by atoms with van der Waals surface area (Å²) in [6, 6.07) is 4.50. The second-order valence-electron chi connectivity index (χ2n) is 10.3. The number of pyridine rings is 1. The van der Waals surface area contributed by atoms with E-state index in [1.54, 1.807) is 0 Å². The van der Waals surface area contributed by atoms with Crippen LogP contribution in [-0.4, -0.2) is 60.5 Å². The zero-order valence-electron chi connectivity index (χ0n) is 18.4. The molecule has 3 aliphatic heterocycles. The molecule has 3 N–H and O–H groups in total. The van der Waals surface area contributed by atoms with E-state index in [4.69, 9.17) is 5.73 Å². The number of carbonyl (C=O) groups excluding carboxylic acids is 2. The summed E-state index contributed by atoms with van der Waals surface area (Å²) in [6.07, 6.45) is 10.4. The van der Waals surface area contributed by atoms with Crippen LogP contribution >= 0.6 is 0 Å². The van der Waals surface area contributed by atoms with Gasteiger partial charge in [-0.2, -0.15) is 0 Å². The Bertz CT molecular complexity index is 802. The highest BCUT2D eigenvalue weighted by atomic mass is 16.2. The van der Waals surface area contributed by atoms with Crippen molar-refractivity contribution >= 4 is 17.5 Å². The number of hydrogen-bond donors (Lipinski definition) is 2. The van der Waals surface area contributed by atoms with E-state index in [-0.39, 0.29) is 17.7 Å². The maximum atomic E-state index is 12.1. The van der Waals surface area contributed by atoms with Crippen molar-refractivity contribution in [2.24, 2.45) is 17.1 Å². The fourth-order valence-electron chi connectivity index (χ4n) is 6.18. The van der Waals surface area contributed by atoms with Gasteiger partial charge in [0.15, 0.2) is 0 Å². The van der Waals surface area contributed by atoms with Crippen molar-refractivity contribution in [2.75, 3.05) is 37.6 Å². The van der Waals surface area contributed by atoms with Crippen molar-refractivity contribution in [2.45, 2.75) is 63.3 Å². The van der Waals surface area contributed by atoms with E-state index in [2.05, 4.69) is 26.2 Å². The number of nitrogens with zero attached hydrogens (tertiary/aromatic N) is 3. The van der Waals surface area contributed by atoms with E-state index in [9.17, 15) is 9.59 Å². The number of aromatic nitrogens is 1. The second kappa shape index (κ2) is 8.51. The Kier molecular flexibility index (Phi) is 5.73. The molecule has 1 saturated carbocycles. The van der Waals surface area contributed by atoms with Gasteiger partial charge in [-0.05, 0) is 81.5 Å². The van der Waals surface area contributed by atoms with Crippen molar-refractivity contribution < 1.29 is 9.59 Å². The molecule has 4 aliphatic rings. The quantitative estimate of drug-likeness (QED) is 0.717. The van der Waals surface area contributed by atoms with Gasteiger partial charge in [-0.1, -0.05) is 0 Å². The van der Waals surface area contributed by atoms with Gasteiger partial charge >= 0.3 is 0 Å². The molecule has 0 bridgehead atoms. The molecule has 3 saturated heterocycles. The third-order valence-electron chi connectivity index (χ3n) is 8.17. The number of likely N-dealkylation sites (tertiary alicyclic amines) is 1. The molecule has 1 spiro atoms. The van der Waals surface area contributed by atoms with E-state index < -0.39 is 0 Å². The van der Waals surface area contributed by atoms with Crippen LogP contribution in [-0.2, 0) is 9.59 Å². The van der Waals surface area contributed by atoms with Gasteiger partial charge in [0.2, 0.25) is 11.8 Å². The van der Waals surface area contributed by atoms with Gasteiger partial charge in [0.05, 0.1) is 23.5 Å². The Balaban J connectivity index is 1.08. The SMILES string of the molecule is NC1CC2(CCN(CC3CCN(c4ccc(C5CCC(=O)NC5=O)nc4)CC3)CC2)C1. The van der Waals surface area contributed by atoms with E-state index in [1.807, 2.05) is 12.3 Å². The Morgan fingerprint density at radius 1 is 1.06 bits per heavy atom. The molecule has 4 heterocycles. The van der Waals surface area contributed by atoms with Gasteiger partial charge in [0.25, 0.3) is 0 Å². The van der Waals surface area contributed by atoms with Crippen molar-refractivity contribution in [3.63, 3.8) is 0 Å². The number of amides is 2. The van der Waals surface area contributed by atoms with E-state index in [0.29, 0.717) is 24.3 Å². The summed E-state index contributed by atoms with van der Waals surface area (Å²) < 4.78 is 0. The van der Waals surface area contributed by atoms with Crippen LogP contribution in [0.3, 0.4) is 0 Å². The number of nitrogens with one attached hydrogen (secondary N) is 1. The normalized spacial score (nSPS) is 27.9. The first-order valence-corrected chi connectivity index (χ1v) is 12.0. The van der Waals surface area contributed by atoms with Crippen LogP contribution in [0.1, 0.15) is 63.0 Å². The summed E-state index contributed by atoms with van der Waals surface area (Å²) in [7, 11) is 0. The maximum Gasteiger partial charge on any atom is 0.235 e. The smallest absolute Gasteiger partial charge is 0.235 e. The number of rotatable bonds is 4. The monoisotopic (exact) mass is 425 g/mol. The first-order valence-electron chi connectivity index (χ1n) is 12.0. The average molecular weight is 426 g/mol. The standard InChI is InChI=1S/C24H35N5O2/c25-18-13-24(14-18)7-11-28(12-8-24)16-17-5-9-29(10-6-17)19-1-3-21(26-15-19)20-2-4-22(30)27-23(20)31/h1,3,15,17-18,20H,2,4-14,16,25H2,(H,27,30,31). The minimum Gasteiger partial charge on any atom is -0.370 e. The zero-order valence-corrected chi connectivity index (χ0v) is 18.4. The van der Waals surface area contributed by atoms with Gasteiger partial charge in [0.1, 0.15) is 0 Å². The lowest BCUT2D eigenvalue weighted by Gasteiger charge is -2.51. The summed E-state index contributed by atoms with van der Waals surface area (Å²) in [4.78, 5) is 33.1. The highest BCUT2D eigenvalue weighted by Crippen LogP contribution is 2.48. The molecular weight excluding hydrogens is 390 g/mol. The Morgan fingerprint density at radius 2 is 1.81 bits per heavy atom. The van der Waals surface area contributed by atoms with Crippen LogP contribution in [0.25, 0.3) is 0 Å². The number of carbonyl (C=O) groups is 2. The van der Waals surface area contributed by atoms with Gasteiger partial charge < -0.3 is 15.5 Å². The maximum absolute atomic E-state index is 12.1. The lowest BCUT2D eigenvalue weighted by Crippen LogP contribution is -2.52. The predicted molar refractivity (Wildman–Crippen MR) is 120 cm³/mol. The molecule has 5 rings (SSSR count). The summed E-state index contributed by atoms with van der Waals surface area (Å²) in [5.74, 6) is 0.0691. The lowest BCUT2D eigenvalue weighted by molar-refractivity contribution is -0.134. The Morgan fingerprint density at radius 3 is 2.42 bits per heavy atom. The molecule has 7 nitrogen and oxygen atoms in total. The molecule has 2 amide bonds. The fourth-order valence-corrected chi connectivity index (χ4v) is 6.18. The van der Waals surface area contributed by atoms with Gasteiger partial charge in [-0.3, -0.25) is 19.9 Å². The molecular formula is C24H35N5O2. The number of imide groups is 1. The van der Waals surface area contributed by atoms with Crippen LogP contribution < -0.4 is 16.0 Å². The first-order chi connectivity index (χ1) is 15.0. The first kappa shape index (κ1) is 20.9. The van der Waals surface area contributed by atoms with E-state index >= 15 is 0 Å². The second-order valence-corrected chi connectivity index (χ2v) is 10.3. The highest BCUT2D eigenvalue weighted by Gasteiger charge is 2.44. The van der Waals surface area contributed by atoms with E-state index in [1.165, 1.54) is 58.2 Å². The van der Waals surface area contributed by atoms with Crippen molar-refractivity contribution in [1.29, 1.82) is 0 Å². The lowest BCUT2D eigenvalue weighted by atomic mass is 9.60. The van der Waals surface area contributed by atoms with Crippen molar-refractivity contribution in [3.8, 4) is 0 Å². The van der Waals surface area contributed by atoms with E-state index in [0.717, 1.165) is 30.4 Å². The third-order valence-corrected chi connectivity index (χ3v) is 8.17. The molecule has 0 aromatic carbocycles. The molecule has 1 aromatic rings. The van der Waals surface area contributed by atoms with Crippen LogP contribution in [0.5, 0.6) is 0 Å². The molecule has 4 fully saturated rings. The third kappa shape index (κ3) is 4.48. The van der Waals surface area contributed by atoms with Crippen LogP contribution in [0, 0.1) is 11.3 Å². The van der Waals surface area contributed by atoms with Gasteiger partial charge in [-0.25, -0.2) is 0 Å². The number of anilines is 1. The largest absolute Gasteiger partial charge is 0.370 e. The topological polar surface area (TPSA) is 91.6 Å². The molecule has 31 heavy (non-hydrogen) atoms. The number of piperidine rings is 3. The number of nitrogens with two attached hydrogens (primary N) is 1. The molecule has 1 aliphatic carbocycles. The molecule has 1 atom stereocenters. The summed E-state index contributed by atoms with van der Waals surface area (Å²) in [5, 5.41) is 2.42. The fraction of sp³-hybridized carbons (Fsp3) is 0.708. The molecule has 1 unspecified atom stereocenters.